The Labute approximate surface area is 182 Å². The number of aliphatic imine (C=N–C) groups is 1. The quantitative estimate of drug-likeness (QED) is 0.311. The van der Waals surface area contributed by atoms with Gasteiger partial charge in [0.2, 0.25) is 5.91 Å². The molecule has 1 aromatic carbocycles. The number of halogens is 2. The maximum Gasteiger partial charge on any atom is 0.234 e. The summed E-state index contributed by atoms with van der Waals surface area (Å²) < 4.78 is 13.5. The predicted molar refractivity (Wildman–Crippen MR) is 117 cm³/mol. The third-order valence-electron chi connectivity index (χ3n) is 4.74. The van der Waals surface area contributed by atoms with Crippen LogP contribution in [0.25, 0.3) is 0 Å². The summed E-state index contributed by atoms with van der Waals surface area (Å²) in [5, 5.41) is 15.6. The molecule has 1 saturated carbocycles. The Morgan fingerprint density at radius 3 is 2.61 bits per heavy atom. The van der Waals surface area contributed by atoms with E-state index in [9.17, 15) is 14.3 Å². The molecule has 1 aromatic rings. The van der Waals surface area contributed by atoms with Crippen LogP contribution in [0.5, 0.6) is 5.75 Å². The van der Waals surface area contributed by atoms with Crippen LogP contribution in [-0.2, 0) is 11.3 Å². The van der Waals surface area contributed by atoms with Gasteiger partial charge in [0.25, 0.3) is 0 Å². The summed E-state index contributed by atoms with van der Waals surface area (Å²) in [5.74, 6) is -0.0868. The van der Waals surface area contributed by atoms with Crippen LogP contribution in [0, 0.1) is 5.82 Å². The van der Waals surface area contributed by atoms with Gasteiger partial charge in [-0.25, -0.2) is 9.38 Å². The summed E-state index contributed by atoms with van der Waals surface area (Å²) in [6, 6.07) is 4.72. The largest absolute Gasteiger partial charge is 0.505 e. The van der Waals surface area contributed by atoms with Crippen LogP contribution in [0.2, 0.25) is 0 Å². The molecular formula is C19H29FIN5O2. The molecular weight excluding hydrogens is 476 g/mol. The van der Waals surface area contributed by atoms with Gasteiger partial charge in [-0.3, -0.25) is 9.69 Å². The number of guanidine groups is 1. The molecule has 1 aliphatic carbocycles. The van der Waals surface area contributed by atoms with E-state index >= 15 is 0 Å². The maximum absolute atomic E-state index is 13.5. The Balaban J connectivity index is 0.00000280. The van der Waals surface area contributed by atoms with E-state index in [0.717, 1.165) is 51.5 Å². The number of nitrogens with zero attached hydrogens (tertiary/aromatic N) is 3. The van der Waals surface area contributed by atoms with Crippen molar-refractivity contribution < 1.29 is 14.3 Å². The highest BCUT2D eigenvalue weighted by Crippen LogP contribution is 2.18. The highest BCUT2D eigenvalue weighted by atomic mass is 127. The van der Waals surface area contributed by atoms with Crippen molar-refractivity contribution in [1.29, 1.82) is 0 Å². The Hall–Kier alpha value is -1.62. The van der Waals surface area contributed by atoms with Gasteiger partial charge >= 0.3 is 0 Å². The number of amides is 1. The molecule has 1 saturated heterocycles. The third kappa shape index (κ3) is 6.77. The molecule has 3 rings (SSSR count). The van der Waals surface area contributed by atoms with Gasteiger partial charge in [-0.1, -0.05) is 6.07 Å². The van der Waals surface area contributed by atoms with Crippen LogP contribution in [0.15, 0.2) is 23.2 Å². The van der Waals surface area contributed by atoms with E-state index in [1.54, 1.807) is 6.07 Å². The molecule has 9 heteroatoms. The van der Waals surface area contributed by atoms with Crippen LogP contribution in [0.3, 0.4) is 0 Å². The second-order valence-corrected chi connectivity index (χ2v) is 7.06. The third-order valence-corrected chi connectivity index (χ3v) is 4.74. The second kappa shape index (κ2) is 10.8. The summed E-state index contributed by atoms with van der Waals surface area (Å²) >= 11 is 0. The Bertz CT molecular complexity index is 691. The van der Waals surface area contributed by atoms with E-state index in [4.69, 9.17) is 0 Å². The van der Waals surface area contributed by atoms with Crippen molar-refractivity contribution in [3.8, 4) is 5.75 Å². The van der Waals surface area contributed by atoms with Crippen LogP contribution in [-0.4, -0.2) is 72.1 Å². The molecule has 0 aromatic heterocycles. The molecule has 0 atom stereocenters. The van der Waals surface area contributed by atoms with E-state index in [-0.39, 0.29) is 35.6 Å². The van der Waals surface area contributed by atoms with E-state index in [0.29, 0.717) is 24.7 Å². The van der Waals surface area contributed by atoms with E-state index < -0.39 is 5.82 Å². The SMILES string of the molecule is CCNC(=NCc1ccc(O)c(F)c1)N1CCN(CC(=O)NC2CC2)CC1.I. The van der Waals surface area contributed by atoms with E-state index in [2.05, 4.69) is 25.4 Å². The number of carbonyl (C=O) groups is 1. The van der Waals surface area contributed by atoms with Gasteiger partial charge in [-0.15, -0.1) is 24.0 Å². The maximum atomic E-state index is 13.5. The number of hydrogen-bond donors (Lipinski definition) is 3. The molecule has 1 aliphatic heterocycles. The van der Waals surface area contributed by atoms with Gasteiger partial charge in [0.1, 0.15) is 0 Å². The zero-order valence-electron chi connectivity index (χ0n) is 16.2. The normalized spacial score (nSPS) is 17.8. The molecule has 0 radical (unpaired) electrons. The molecule has 28 heavy (non-hydrogen) atoms. The van der Waals surface area contributed by atoms with Crippen molar-refractivity contribution in [2.75, 3.05) is 39.3 Å². The highest BCUT2D eigenvalue weighted by molar-refractivity contribution is 14.0. The zero-order valence-corrected chi connectivity index (χ0v) is 18.5. The first-order valence-corrected chi connectivity index (χ1v) is 9.57. The van der Waals surface area contributed by atoms with Crippen LogP contribution < -0.4 is 10.6 Å². The molecule has 0 unspecified atom stereocenters. The van der Waals surface area contributed by atoms with Crippen LogP contribution in [0.4, 0.5) is 4.39 Å². The molecule has 1 amide bonds. The molecule has 156 valence electrons. The lowest BCUT2D eigenvalue weighted by atomic mass is 10.2. The fourth-order valence-corrected chi connectivity index (χ4v) is 3.06. The summed E-state index contributed by atoms with van der Waals surface area (Å²) in [5.41, 5.74) is 0.705. The molecule has 3 N–H and O–H groups in total. The first-order valence-electron chi connectivity index (χ1n) is 9.57. The minimum Gasteiger partial charge on any atom is -0.505 e. The van der Waals surface area contributed by atoms with Gasteiger partial charge in [0.05, 0.1) is 13.1 Å². The Morgan fingerprint density at radius 2 is 2.00 bits per heavy atom. The Kier molecular flexibility index (Phi) is 8.74. The van der Waals surface area contributed by atoms with Crippen molar-refractivity contribution in [2.45, 2.75) is 32.4 Å². The number of aromatic hydroxyl groups is 1. The lowest BCUT2D eigenvalue weighted by molar-refractivity contribution is -0.122. The number of rotatable bonds is 6. The summed E-state index contributed by atoms with van der Waals surface area (Å²) in [4.78, 5) is 20.9. The topological polar surface area (TPSA) is 80.2 Å². The lowest BCUT2D eigenvalue weighted by Crippen LogP contribution is -2.54. The lowest BCUT2D eigenvalue weighted by Gasteiger charge is -2.36. The van der Waals surface area contributed by atoms with Crippen LogP contribution >= 0.6 is 24.0 Å². The smallest absolute Gasteiger partial charge is 0.234 e. The van der Waals surface area contributed by atoms with Gasteiger partial charge in [-0.05, 0) is 37.5 Å². The number of nitrogens with one attached hydrogen (secondary N) is 2. The molecule has 0 bridgehead atoms. The fourth-order valence-electron chi connectivity index (χ4n) is 3.06. The van der Waals surface area contributed by atoms with Gasteiger partial charge in [0.15, 0.2) is 17.5 Å². The van der Waals surface area contributed by atoms with Gasteiger partial charge in [-0.2, -0.15) is 0 Å². The van der Waals surface area contributed by atoms with E-state index in [1.165, 1.54) is 12.1 Å². The molecule has 2 aliphatic rings. The average Bonchev–Trinajstić information content (AvgIpc) is 3.46. The molecule has 1 heterocycles. The number of phenolic OH excluding ortho intramolecular Hbond substituents is 1. The van der Waals surface area contributed by atoms with Gasteiger partial charge < -0.3 is 20.6 Å². The first-order chi connectivity index (χ1) is 13.0. The van der Waals surface area contributed by atoms with Gasteiger partial charge in [0, 0.05) is 38.8 Å². The first kappa shape index (κ1) is 22.7. The minimum atomic E-state index is -0.634. The summed E-state index contributed by atoms with van der Waals surface area (Å²) in [6.07, 6.45) is 2.21. The summed E-state index contributed by atoms with van der Waals surface area (Å²) in [6.45, 7) is 6.71. The number of benzene rings is 1. The number of piperazine rings is 1. The van der Waals surface area contributed by atoms with Crippen molar-refractivity contribution >= 4 is 35.8 Å². The van der Waals surface area contributed by atoms with Crippen molar-refractivity contribution in [1.82, 2.24) is 20.4 Å². The van der Waals surface area contributed by atoms with Crippen molar-refractivity contribution in [3.05, 3.63) is 29.6 Å². The second-order valence-electron chi connectivity index (χ2n) is 7.06. The number of hydrogen-bond acceptors (Lipinski definition) is 4. The minimum absolute atomic E-state index is 0. The predicted octanol–water partition coefficient (Wildman–Crippen LogP) is 1.51. The average molecular weight is 505 g/mol. The van der Waals surface area contributed by atoms with Crippen molar-refractivity contribution in [2.24, 2.45) is 4.99 Å². The van der Waals surface area contributed by atoms with Crippen molar-refractivity contribution in [3.63, 3.8) is 0 Å². The standard InChI is InChI=1S/C19H28FN5O2.HI/c1-2-21-19(22-12-14-3-6-17(26)16(20)11-14)25-9-7-24(8-10-25)13-18(27)23-15-4-5-15;/h3,6,11,15,26H,2,4-5,7-10,12-13H2,1H3,(H,21,22)(H,23,27);1H. The number of carbonyl (C=O) groups excluding carboxylic acids is 1. The number of phenols is 1. The Morgan fingerprint density at radius 1 is 1.29 bits per heavy atom. The molecule has 7 nitrogen and oxygen atoms in total. The van der Waals surface area contributed by atoms with E-state index in [1.807, 2.05) is 6.92 Å². The highest BCUT2D eigenvalue weighted by Gasteiger charge is 2.25. The molecule has 2 fully saturated rings. The van der Waals surface area contributed by atoms with Crippen LogP contribution in [0.1, 0.15) is 25.3 Å². The monoisotopic (exact) mass is 505 g/mol. The summed E-state index contributed by atoms with van der Waals surface area (Å²) in [7, 11) is 0. The molecule has 0 spiro atoms. The fraction of sp³-hybridized carbons (Fsp3) is 0.579. The zero-order chi connectivity index (χ0) is 19.2.